The van der Waals surface area contributed by atoms with E-state index in [1.807, 2.05) is 45.0 Å². The molecule has 1 aromatic rings. The normalized spacial score (nSPS) is 21.2. The predicted octanol–water partition coefficient (Wildman–Crippen LogP) is 3.06. The van der Waals surface area contributed by atoms with Crippen molar-refractivity contribution in [2.24, 2.45) is 5.41 Å². The summed E-state index contributed by atoms with van der Waals surface area (Å²) in [6, 6.07) is 7.40. The average Bonchev–Trinajstić information content (AvgIpc) is 2.46. The molecule has 0 aliphatic carbocycles. The van der Waals surface area contributed by atoms with Crippen LogP contribution in [-0.2, 0) is 9.59 Å². The van der Waals surface area contributed by atoms with E-state index in [0.717, 1.165) is 25.1 Å². The minimum atomic E-state index is -0.557. The summed E-state index contributed by atoms with van der Waals surface area (Å²) in [6.07, 6.45) is 1.71. The summed E-state index contributed by atoms with van der Waals surface area (Å²) in [5, 5.41) is 2.97. The van der Waals surface area contributed by atoms with Crippen LogP contribution < -0.4 is 10.1 Å². The van der Waals surface area contributed by atoms with E-state index < -0.39 is 5.41 Å². The molecular formula is C18H26N2O3. The molecule has 2 amide bonds. The minimum Gasteiger partial charge on any atom is -0.491 e. The zero-order valence-corrected chi connectivity index (χ0v) is 14.4. The van der Waals surface area contributed by atoms with Gasteiger partial charge in [0.15, 0.2) is 0 Å². The number of hydrogen-bond donors (Lipinski definition) is 1. The van der Waals surface area contributed by atoms with Gasteiger partial charge in [0.05, 0.1) is 11.5 Å². The average molecular weight is 318 g/mol. The smallest absolute Gasteiger partial charge is 0.232 e. The fourth-order valence-electron chi connectivity index (χ4n) is 2.89. The number of piperidine rings is 1. The number of carbonyl (C=O) groups excluding carboxylic acids is 2. The van der Waals surface area contributed by atoms with E-state index in [9.17, 15) is 9.59 Å². The molecule has 5 heteroatoms. The Kier molecular flexibility index (Phi) is 5.29. The van der Waals surface area contributed by atoms with E-state index in [1.54, 1.807) is 11.8 Å². The van der Waals surface area contributed by atoms with E-state index in [4.69, 9.17) is 4.74 Å². The number of hydrogen-bond acceptors (Lipinski definition) is 3. The van der Waals surface area contributed by atoms with E-state index >= 15 is 0 Å². The van der Waals surface area contributed by atoms with Crippen LogP contribution in [-0.4, -0.2) is 35.9 Å². The quantitative estimate of drug-likeness (QED) is 0.928. The first-order valence-corrected chi connectivity index (χ1v) is 8.14. The highest BCUT2D eigenvalue weighted by Crippen LogP contribution is 2.31. The molecule has 1 unspecified atom stereocenters. The Hall–Kier alpha value is -2.04. The molecular weight excluding hydrogens is 292 g/mol. The Labute approximate surface area is 138 Å². The number of likely N-dealkylation sites (tertiary alicyclic amines) is 1. The maximum Gasteiger partial charge on any atom is 0.232 e. The van der Waals surface area contributed by atoms with Gasteiger partial charge in [-0.15, -0.1) is 0 Å². The van der Waals surface area contributed by atoms with Crippen molar-refractivity contribution < 1.29 is 14.3 Å². The molecule has 23 heavy (non-hydrogen) atoms. The molecule has 126 valence electrons. The molecule has 1 aromatic carbocycles. The van der Waals surface area contributed by atoms with Gasteiger partial charge in [-0.25, -0.2) is 0 Å². The second-order valence-corrected chi connectivity index (χ2v) is 6.75. The second-order valence-electron chi connectivity index (χ2n) is 6.75. The number of amides is 2. The monoisotopic (exact) mass is 318 g/mol. The summed E-state index contributed by atoms with van der Waals surface area (Å²) >= 11 is 0. The zero-order valence-electron chi connectivity index (χ0n) is 14.4. The van der Waals surface area contributed by atoms with Gasteiger partial charge in [-0.3, -0.25) is 9.59 Å². The van der Waals surface area contributed by atoms with Gasteiger partial charge in [0.25, 0.3) is 0 Å². The summed E-state index contributed by atoms with van der Waals surface area (Å²) in [6.45, 7) is 8.60. The highest BCUT2D eigenvalue weighted by Gasteiger charge is 2.38. The summed E-state index contributed by atoms with van der Waals surface area (Å²) in [4.78, 5) is 26.0. The SMILES string of the molecule is CC(=O)N1CCCC(C)(C(=O)Nc2cccc(OC(C)C)c2)C1. The largest absolute Gasteiger partial charge is 0.491 e. The molecule has 1 aliphatic rings. The van der Waals surface area contributed by atoms with E-state index in [0.29, 0.717) is 12.2 Å². The van der Waals surface area contributed by atoms with Crippen molar-refractivity contribution in [1.82, 2.24) is 4.90 Å². The van der Waals surface area contributed by atoms with Gasteiger partial charge in [-0.1, -0.05) is 6.07 Å². The molecule has 2 rings (SSSR count). The van der Waals surface area contributed by atoms with E-state index in [1.165, 1.54) is 0 Å². The van der Waals surface area contributed by atoms with Gasteiger partial charge in [-0.2, -0.15) is 0 Å². The van der Waals surface area contributed by atoms with Crippen molar-refractivity contribution in [2.75, 3.05) is 18.4 Å². The van der Waals surface area contributed by atoms with E-state index in [2.05, 4.69) is 5.32 Å². The molecule has 0 aromatic heterocycles. The Morgan fingerprint density at radius 2 is 2.09 bits per heavy atom. The number of nitrogens with one attached hydrogen (secondary N) is 1. The fraction of sp³-hybridized carbons (Fsp3) is 0.556. The maximum atomic E-state index is 12.7. The number of ether oxygens (including phenoxy) is 1. The summed E-state index contributed by atoms with van der Waals surface area (Å²) in [5.74, 6) is 0.707. The molecule has 0 saturated carbocycles. The molecule has 5 nitrogen and oxygen atoms in total. The highest BCUT2D eigenvalue weighted by atomic mass is 16.5. The van der Waals surface area contributed by atoms with Crippen LogP contribution in [0, 0.1) is 5.41 Å². The third kappa shape index (κ3) is 4.47. The molecule has 0 bridgehead atoms. The Morgan fingerprint density at radius 3 is 2.74 bits per heavy atom. The Bertz CT molecular complexity index is 585. The lowest BCUT2D eigenvalue weighted by Gasteiger charge is -2.38. The second kappa shape index (κ2) is 7.02. The molecule has 0 spiro atoms. The van der Waals surface area contributed by atoms with Crippen LogP contribution in [0.25, 0.3) is 0 Å². The van der Waals surface area contributed by atoms with Crippen molar-refractivity contribution in [3.05, 3.63) is 24.3 Å². The van der Waals surface area contributed by atoms with Crippen molar-refractivity contribution in [3.8, 4) is 5.75 Å². The first-order valence-electron chi connectivity index (χ1n) is 8.14. The topological polar surface area (TPSA) is 58.6 Å². The number of anilines is 1. The lowest BCUT2D eigenvalue weighted by atomic mass is 9.81. The first-order chi connectivity index (χ1) is 10.8. The van der Waals surface area contributed by atoms with Gasteiger partial charge in [0.1, 0.15) is 5.75 Å². The van der Waals surface area contributed by atoms with Gasteiger partial charge in [-0.05, 0) is 45.7 Å². The lowest BCUT2D eigenvalue weighted by Crippen LogP contribution is -2.49. The van der Waals surface area contributed by atoms with Gasteiger partial charge < -0.3 is 15.0 Å². The molecule has 1 saturated heterocycles. The molecule has 1 aliphatic heterocycles. The first kappa shape index (κ1) is 17.3. The Morgan fingerprint density at radius 1 is 1.35 bits per heavy atom. The van der Waals surface area contributed by atoms with E-state index in [-0.39, 0.29) is 17.9 Å². The molecule has 1 N–H and O–H groups in total. The van der Waals surface area contributed by atoms with Crippen LogP contribution >= 0.6 is 0 Å². The van der Waals surface area contributed by atoms with Crippen LogP contribution in [0.5, 0.6) is 5.75 Å². The van der Waals surface area contributed by atoms with Crippen LogP contribution in [0.2, 0.25) is 0 Å². The number of carbonyl (C=O) groups is 2. The summed E-state index contributed by atoms with van der Waals surface area (Å²) in [7, 11) is 0. The summed E-state index contributed by atoms with van der Waals surface area (Å²) in [5.41, 5.74) is 0.160. The highest BCUT2D eigenvalue weighted by molar-refractivity contribution is 5.95. The standard InChI is InChI=1S/C18H26N2O3/c1-13(2)23-16-8-5-7-15(11-16)19-17(22)18(4)9-6-10-20(12-18)14(3)21/h5,7-8,11,13H,6,9-10,12H2,1-4H3,(H,19,22). The minimum absolute atomic E-state index is 0.0241. The molecule has 0 radical (unpaired) electrons. The fourth-order valence-corrected chi connectivity index (χ4v) is 2.89. The number of rotatable bonds is 4. The molecule has 1 heterocycles. The van der Waals surface area contributed by atoms with Crippen LogP contribution in [0.4, 0.5) is 5.69 Å². The van der Waals surface area contributed by atoms with Gasteiger partial charge >= 0.3 is 0 Å². The zero-order chi connectivity index (χ0) is 17.0. The van der Waals surface area contributed by atoms with Crippen molar-refractivity contribution >= 4 is 17.5 Å². The van der Waals surface area contributed by atoms with Gasteiger partial charge in [0, 0.05) is 31.8 Å². The van der Waals surface area contributed by atoms with Crippen LogP contribution in [0.1, 0.15) is 40.5 Å². The van der Waals surface area contributed by atoms with Crippen molar-refractivity contribution in [3.63, 3.8) is 0 Å². The predicted molar refractivity (Wildman–Crippen MR) is 90.4 cm³/mol. The van der Waals surface area contributed by atoms with Crippen molar-refractivity contribution in [1.29, 1.82) is 0 Å². The van der Waals surface area contributed by atoms with Crippen molar-refractivity contribution in [2.45, 2.75) is 46.6 Å². The summed E-state index contributed by atoms with van der Waals surface area (Å²) < 4.78 is 5.65. The molecule has 1 fully saturated rings. The third-order valence-electron chi connectivity index (χ3n) is 4.15. The number of nitrogens with zero attached hydrogens (tertiary/aromatic N) is 1. The lowest BCUT2D eigenvalue weighted by molar-refractivity contribution is -0.136. The third-order valence-corrected chi connectivity index (χ3v) is 4.15. The van der Waals surface area contributed by atoms with Crippen LogP contribution in [0.15, 0.2) is 24.3 Å². The Balaban J connectivity index is 2.07. The van der Waals surface area contributed by atoms with Gasteiger partial charge in [0.2, 0.25) is 11.8 Å². The molecule has 1 atom stereocenters. The number of benzene rings is 1. The maximum absolute atomic E-state index is 12.7. The van der Waals surface area contributed by atoms with Crippen LogP contribution in [0.3, 0.4) is 0 Å².